The summed E-state index contributed by atoms with van der Waals surface area (Å²) in [6, 6.07) is 16.0. The molecule has 0 radical (unpaired) electrons. The molecule has 0 aliphatic carbocycles. The first-order chi connectivity index (χ1) is 16.1. The number of benzene rings is 2. The predicted molar refractivity (Wildman–Crippen MR) is 136 cm³/mol. The van der Waals surface area contributed by atoms with E-state index in [-0.39, 0.29) is 0 Å². The monoisotopic (exact) mass is 551 g/mol. The molecule has 0 aliphatic heterocycles. The van der Waals surface area contributed by atoms with Gasteiger partial charge in [-0.15, -0.1) is 10.2 Å². The number of pyridine rings is 1. The fourth-order valence-electron chi connectivity index (χ4n) is 3.80. The van der Waals surface area contributed by atoms with Crippen LogP contribution in [0.25, 0.3) is 33.9 Å². The SMILES string of the molecule is CCc1cc(N(C)c2ccc3oc(-c4ccccc4-c4nn[nH]n4)nc3c2)c(I)c(CC)n1. The molecule has 8 nitrogen and oxygen atoms in total. The van der Waals surface area contributed by atoms with E-state index in [1.807, 2.05) is 36.4 Å². The highest BCUT2D eigenvalue weighted by molar-refractivity contribution is 14.1. The molecule has 33 heavy (non-hydrogen) atoms. The average molecular weight is 551 g/mol. The molecule has 1 N–H and O–H groups in total. The van der Waals surface area contributed by atoms with E-state index in [2.05, 4.69) is 81.1 Å². The van der Waals surface area contributed by atoms with E-state index < -0.39 is 0 Å². The Balaban J connectivity index is 1.56. The second-order valence-corrected chi connectivity index (χ2v) is 8.69. The third-order valence-corrected chi connectivity index (χ3v) is 6.80. The number of H-pyrrole nitrogens is 1. The second-order valence-electron chi connectivity index (χ2n) is 7.61. The molecule has 5 rings (SSSR count). The van der Waals surface area contributed by atoms with E-state index in [9.17, 15) is 0 Å². The van der Waals surface area contributed by atoms with E-state index in [1.165, 1.54) is 3.57 Å². The fourth-order valence-corrected chi connectivity index (χ4v) is 4.82. The van der Waals surface area contributed by atoms with Crippen LogP contribution in [-0.4, -0.2) is 37.6 Å². The molecule has 0 atom stereocenters. The Morgan fingerprint density at radius 3 is 2.55 bits per heavy atom. The zero-order valence-corrected chi connectivity index (χ0v) is 20.7. The predicted octanol–water partition coefficient (Wildman–Crippen LogP) is 5.57. The molecule has 0 saturated heterocycles. The van der Waals surface area contributed by atoms with Gasteiger partial charge in [0.05, 0.1) is 15.0 Å². The molecule has 9 heteroatoms. The Labute approximate surface area is 204 Å². The van der Waals surface area contributed by atoms with E-state index >= 15 is 0 Å². The van der Waals surface area contributed by atoms with Gasteiger partial charge >= 0.3 is 0 Å². The van der Waals surface area contributed by atoms with Gasteiger partial charge in [0.2, 0.25) is 11.7 Å². The van der Waals surface area contributed by atoms with Gasteiger partial charge in [-0.1, -0.05) is 32.0 Å². The molecule has 0 fully saturated rings. The van der Waals surface area contributed by atoms with E-state index in [1.54, 1.807) is 0 Å². The molecule has 3 heterocycles. The van der Waals surface area contributed by atoms with Crippen LogP contribution in [0.1, 0.15) is 25.2 Å². The summed E-state index contributed by atoms with van der Waals surface area (Å²) >= 11 is 2.40. The Bertz CT molecular complexity index is 1430. The number of fused-ring (bicyclic) bond motifs is 1. The zero-order valence-electron chi connectivity index (χ0n) is 18.5. The minimum absolute atomic E-state index is 0.499. The molecule has 0 bridgehead atoms. The maximum absolute atomic E-state index is 6.10. The van der Waals surface area contributed by atoms with Gasteiger partial charge in [-0.05, 0) is 71.0 Å². The summed E-state index contributed by atoms with van der Waals surface area (Å²) in [6.45, 7) is 4.27. The van der Waals surface area contributed by atoms with Crippen molar-refractivity contribution in [2.75, 3.05) is 11.9 Å². The van der Waals surface area contributed by atoms with Crippen molar-refractivity contribution in [3.8, 4) is 22.8 Å². The number of nitrogens with zero attached hydrogens (tertiary/aromatic N) is 6. The number of hydrogen-bond acceptors (Lipinski definition) is 7. The van der Waals surface area contributed by atoms with E-state index in [0.717, 1.165) is 57.8 Å². The minimum atomic E-state index is 0.499. The lowest BCUT2D eigenvalue weighted by molar-refractivity contribution is 0.620. The summed E-state index contributed by atoms with van der Waals surface area (Å²) in [5.74, 6) is 1.02. The summed E-state index contributed by atoms with van der Waals surface area (Å²) in [5, 5.41) is 14.4. The van der Waals surface area contributed by atoms with Gasteiger partial charge in [-0.2, -0.15) is 5.21 Å². The Morgan fingerprint density at radius 2 is 1.82 bits per heavy atom. The van der Waals surface area contributed by atoms with E-state index in [0.29, 0.717) is 11.7 Å². The first kappa shape index (κ1) is 21.5. The number of nitrogens with one attached hydrogen (secondary N) is 1. The van der Waals surface area contributed by atoms with Crippen molar-refractivity contribution in [3.63, 3.8) is 0 Å². The molecule has 0 saturated carbocycles. The lowest BCUT2D eigenvalue weighted by Crippen LogP contribution is -2.13. The van der Waals surface area contributed by atoms with Crippen LogP contribution in [0.5, 0.6) is 0 Å². The van der Waals surface area contributed by atoms with Crippen LogP contribution in [0, 0.1) is 3.57 Å². The van der Waals surface area contributed by atoms with Gasteiger partial charge < -0.3 is 9.32 Å². The summed E-state index contributed by atoms with van der Waals surface area (Å²) < 4.78 is 7.27. The minimum Gasteiger partial charge on any atom is -0.436 e. The molecule has 2 aromatic carbocycles. The Morgan fingerprint density at radius 1 is 1.00 bits per heavy atom. The van der Waals surface area contributed by atoms with Crippen LogP contribution in [0.4, 0.5) is 11.4 Å². The largest absolute Gasteiger partial charge is 0.436 e. The van der Waals surface area contributed by atoms with Crippen molar-refractivity contribution in [2.24, 2.45) is 0 Å². The third-order valence-electron chi connectivity index (χ3n) is 5.62. The number of rotatable bonds is 6. The number of anilines is 2. The number of oxazole rings is 1. The maximum Gasteiger partial charge on any atom is 0.228 e. The summed E-state index contributed by atoms with van der Waals surface area (Å²) in [7, 11) is 2.07. The van der Waals surface area contributed by atoms with Crippen LogP contribution in [-0.2, 0) is 12.8 Å². The van der Waals surface area contributed by atoms with E-state index in [4.69, 9.17) is 14.4 Å². The van der Waals surface area contributed by atoms with Crippen LogP contribution in [0.3, 0.4) is 0 Å². The normalized spacial score (nSPS) is 11.3. The van der Waals surface area contributed by atoms with Crippen molar-refractivity contribution < 1.29 is 4.42 Å². The zero-order chi connectivity index (χ0) is 22.9. The summed E-state index contributed by atoms with van der Waals surface area (Å²) in [4.78, 5) is 11.8. The fraction of sp³-hybridized carbons (Fsp3) is 0.208. The lowest BCUT2D eigenvalue weighted by Gasteiger charge is -2.23. The highest BCUT2D eigenvalue weighted by Crippen LogP contribution is 2.35. The van der Waals surface area contributed by atoms with Gasteiger partial charge in [-0.25, -0.2) is 4.98 Å². The van der Waals surface area contributed by atoms with Crippen molar-refractivity contribution in [3.05, 3.63) is 63.5 Å². The van der Waals surface area contributed by atoms with Crippen LogP contribution in [0.2, 0.25) is 0 Å². The molecule has 0 aliphatic rings. The number of hydrogen-bond donors (Lipinski definition) is 1. The van der Waals surface area contributed by atoms with Gasteiger partial charge in [0.1, 0.15) is 5.52 Å². The van der Waals surface area contributed by atoms with Crippen LogP contribution >= 0.6 is 22.6 Å². The molecular formula is C24H22IN7O. The molecule has 0 unspecified atom stereocenters. The number of aromatic amines is 1. The smallest absolute Gasteiger partial charge is 0.228 e. The van der Waals surface area contributed by atoms with Gasteiger partial charge in [0.25, 0.3) is 0 Å². The van der Waals surface area contributed by atoms with Gasteiger partial charge in [0, 0.05) is 29.6 Å². The first-order valence-electron chi connectivity index (χ1n) is 10.7. The number of aryl methyl sites for hydroxylation is 2. The highest BCUT2D eigenvalue weighted by atomic mass is 127. The van der Waals surface area contributed by atoms with Crippen LogP contribution < -0.4 is 4.90 Å². The van der Waals surface area contributed by atoms with Crippen LogP contribution in [0.15, 0.2) is 52.9 Å². The van der Waals surface area contributed by atoms with Crippen molar-refractivity contribution in [2.45, 2.75) is 26.7 Å². The van der Waals surface area contributed by atoms with Crippen molar-refractivity contribution >= 4 is 45.1 Å². The summed E-state index contributed by atoms with van der Waals surface area (Å²) in [5.41, 5.74) is 7.52. The van der Waals surface area contributed by atoms with Gasteiger partial charge in [0.15, 0.2) is 5.58 Å². The third kappa shape index (κ3) is 3.97. The first-order valence-corrected chi connectivity index (χ1v) is 11.8. The average Bonchev–Trinajstić information content (AvgIpc) is 3.53. The number of tetrazole rings is 1. The number of aromatic nitrogens is 6. The molecular weight excluding hydrogens is 529 g/mol. The second kappa shape index (κ2) is 8.89. The standard InChI is InChI=1S/C24H22IN7O/c1-4-14-12-20(22(25)18(5-2)26-14)32(3)15-10-11-21-19(13-15)27-24(33-21)17-9-7-6-8-16(17)23-28-30-31-29-23/h6-13H,4-5H2,1-3H3,(H,28,29,30,31). The maximum atomic E-state index is 6.10. The molecule has 166 valence electrons. The molecule has 3 aromatic heterocycles. The quantitative estimate of drug-likeness (QED) is 0.276. The van der Waals surface area contributed by atoms with Crippen molar-refractivity contribution in [1.82, 2.24) is 30.6 Å². The topological polar surface area (TPSA) is 96.6 Å². The lowest BCUT2D eigenvalue weighted by atomic mass is 10.1. The summed E-state index contributed by atoms with van der Waals surface area (Å²) in [6.07, 6.45) is 1.80. The molecule has 5 aromatic rings. The Hall–Kier alpha value is -3.34. The Kier molecular flexibility index (Phi) is 5.79. The molecule has 0 amide bonds. The highest BCUT2D eigenvalue weighted by Gasteiger charge is 2.18. The number of halogens is 1. The van der Waals surface area contributed by atoms with Gasteiger partial charge in [-0.3, -0.25) is 4.98 Å². The van der Waals surface area contributed by atoms with Crippen molar-refractivity contribution in [1.29, 1.82) is 0 Å². The molecule has 0 spiro atoms.